The van der Waals surface area contributed by atoms with Gasteiger partial charge >= 0.3 is 0 Å². The van der Waals surface area contributed by atoms with Crippen molar-refractivity contribution >= 4 is 68.1 Å². The third-order valence-corrected chi connectivity index (χ3v) is 8.11. The van der Waals surface area contributed by atoms with Crippen LogP contribution in [0.4, 0.5) is 20.2 Å². The molecule has 3 aromatic carbocycles. The molecule has 1 amide bonds. The zero-order chi connectivity index (χ0) is 26.5. The molecular formula is C26H22ClF2IN2O4S. The summed E-state index contributed by atoms with van der Waals surface area (Å²) in [5, 5.41) is 3.08. The molecule has 1 heterocycles. The number of hydrogen-bond acceptors (Lipinski definition) is 5. The van der Waals surface area contributed by atoms with Crippen molar-refractivity contribution in [1.29, 1.82) is 0 Å². The van der Waals surface area contributed by atoms with Crippen molar-refractivity contribution in [1.82, 2.24) is 0 Å². The van der Waals surface area contributed by atoms with Gasteiger partial charge in [-0.1, -0.05) is 34.2 Å². The number of rotatable bonds is 8. The Morgan fingerprint density at radius 1 is 1.03 bits per heavy atom. The summed E-state index contributed by atoms with van der Waals surface area (Å²) < 4.78 is 44.9. The molecule has 0 spiro atoms. The maximum Gasteiger partial charge on any atom is 0.262 e. The summed E-state index contributed by atoms with van der Waals surface area (Å²) in [6, 6.07) is 12.9. The lowest BCUT2D eigenvalue weighted by Crippen LogP contribution is -2.37. The van der Waals surface area contributed by atoms with Gasteiger partial charge in [-0.05, 0) is 60.2 Å². The van der Waals surface area contributed by atoms with Gasteiger partial charge in [-0.25, -0.2) is 8.78 Å². The average Bonchev–Trinajstić information content (AvgIpc) is 2.89. The zero-order valence-corrected chi connectivity index (χ0v) is 23.2. The SMILES string of the molecule is O=C(COc1ccc(Cl)cc1C(=O)c1ccc(F)c(F)c1)Nc1ccc(N2CCS(=O)CC2)cc1CI. The quantitative estimate of drug-likeness (QED) is 0.200. The molecular weight excluding hydrogens is 637 g/mol. The van der Waals surface area contributed by atoms with Gasteiger partial charge in [0.05, 0.1) is 5.56 Å². The molecule has 3 aromatic rings. The molecule has 1 fully saturated rings. The third kappa shape index (κ3) is 6.85. The number of ketones is 1. The standard InChI is InChI=1S/C26H22ClF2IN2O4S/c27-18-2-6-24(20(13-18)26(34)16-1-4-21(28)22(29)12-16)36-15-25(33)31-23-5-3-19(11-17(23)14-30)32-7-9-37(35)10-8-32/h1-6,11-13H,7-10,14-15H2,(H,31,33). The molecule has 0 saturated carbocycles. The second-order valence-electron chi connectivity index (χ2n) is 8.25. The lowest BCUT2D eigenvalue weighted by molar-refractivity contribution is -0.118. The molecule has 37 heavy (non-hydrogen) atoms. The van der Waals surface area contributed by atoms with Crippen LogP contribution in [0.15, 0.2) is 54.6 Å². The summed E-state index contributed by atoms with van der Waals surface area (Å²) in [7, 11) is -0.766. The van der Waals surface area contributed by atoms with Crippen molar-refractivity contribution < 1.29 is 27.3 Å². The summed E-state index contributed by atoms with van der Waals surface area (Å²) in [6.45, 7) is 1.05. The third-order valence-electron chi connectivity index (χ3n) is 5.78. The van der Waals surface area contributed by atoms with E-state index in [1.54, 1.807) is 0 Å². The Labute approximate surface area is 233 Å². The Bertz CT molecular complexity index is 1360. The molecule has 1 aliphatic rings. The first-order valence-electron chi connectivity index (χ1n) is 11.3. The van der Waals surface area contributed by atoms with Crippen molar-refractivity contribution in [3.8, 4) is 5.75 Å². The van der Waals surface area contributed by atoms with E-state index in [0.29, 0.717) is 21.6 Å². The number of halogens is 4. The predicted molar refractivity (Wildman–Crippen MR) is 150 cm³/mol. The molecule has 0 radical (unpaired) electrons. The maximum absolute atomic E-state index is 13.7. The van der Waals surface area contributed by atoms with Crippen LogP contribution < -0.4 is 15.0 Å². The monoisotopic (exact) mass is 658 g/mol. The van der Waals surface area contributed by atoms with E-state index in [4.69, 9.17) is 16.3 Å². The Morgan fingerprint density at radius 3 is 2.49 bits per heavy atom. The highest BCUT2D eigenvalue weighted by Gasteiger charge is 2.20. The van der Waals surface area contributed by atoms with Crippen molar-refractivity contribution in [3.63, 3.8) is 0 Å². The van der Waals surface area contributed by atoms with Gasteiger partial charge in [-0.3, -0.25) is 13.8 Å². The van der Waals surface area contributed by atoms with Gasteiger partial charge in [0.25, 0.3) is 5.91 Å². The fourth-order valence-electron chi connectivity index (χ4n) is 3.83. The molecule has 1 aliphatic heterocycles. The number of ether oxygens (including phenoxy) is 1. The number of nitrogens with one attached hydrogen (secondary N) is 1. The minimum absolute atomic E-state index is 0.0195. The van der Waals surface area contributed by atoms with Crippen LogP contribution in [0.2, 0.25) is 5.02 Å². The van der Waals surface area contributed by atoms with E-state index >= 15 is 0 Å². The van der Waals surface area contributed by atoms with Crippen molar-refractivity contribution in [2.75, 3.05) is 41.4 Å². The van der Waals surface area contributed by atoms with E-state index < -0.39 is 34.1 Å². The lowest BCUT2D eigenvalue weighted by Gasteiger charge is -2.29. The van der Waals surface area contributed by atoms with E-state index in [1.165, 1.54) is 18.2 Å². The predicted octanol–water partition coefficient (Wildman–Crippen LogP) is 5.37. The molecule has 4 rings (SSSR count). The second kappa shape index (κ2) is 12.3. The van der Waals surface area contributed by atoms with E-state index in [2.05, 4.69) is 32.8 Å². The van der Waals surface area contributed by atoms with E-state index in [9.17, 15) is 22.6 Å². The Hall–Kier alpha value is -2.57. The van der Waals surface area contributed by atoms with Gasteiger partial charge in [0, 0.05) is 61.8 Å². The molecule has 194 valence electrons. The van der Waals surface area contributed by atoms with Gasteiger partial charge in [0.2, 0.25) is 0 Å². The number of amides is 1. The van der Waals surface area contributed by atoms with Crippen LogP contribution in [0, 0.1) is 11.6 Å². The van der Waals surface area contributed by atoms with Gasteiger partial charge in [0.1, 0.15) is 5.75 Å². The fourth-order valence-corrected chi connectivity index (χ4v) is 5.69. The van der Waals surface area contributed by atoms with E-state index in [-0.39, 0.29) is 28.5 Å². The molecule has 0 aliphatic carbocycles. The minimum Gasteiger partial charge on any atom is -0.483 e. The van der Waals surface area contributed by atoms with Crippen LogP contribution in [0.25, 0.3) is 0 Å². The molecule has 0 atom stereocenters. The number of carbonyl (C=O) groups is 2. The number of nitrogens with zero attached hydrogens (tertiary/aromatic N) is 1. The van der Waals surface area contributed by atoms with Crippen LogP contribution in [-0.4, -0.2) is 47.1 Å². The van der Waals surface area contributed by atoms with Crippen molar-refractivity contribution in [2.24, 2.45) is 0 Å². The fraction of sp³-hybridized carbons (Fsp3) is 0.231. The molecule has 6 nitrogen and oxygen atoms in total. The van der Waals surface area contributed by atoms with Gasteiger partial charge in [0.15, 0.2) is 24.0 Å². The van der Waals surface area contributed by atoms with Crippen molar-refractivity contribution in [2.45, 2.75) is 4.43 Å². The highest BCUT2D eigenvalue weighted by atomic mass is 127. The first-order chi connectivity index (χ1) is 17.7. The van der Waals surface area contributed by atoms with Crippen LogP contribution >= 0.6 is 34.2 Å². The van der Waals surface area contributed by atoms with Gasteiger partial charge in [-0.15, -0.1) is 0 Å². The van der Waals surface area contributed by atoms with Crippen LogP contribution in [0.5, 0.6) is 5.75 Å². The number of anilines is 2. The molecule has 0 aromatic heterocycles. The number of benzene rings is 3. The van der Waals surface area contributed by atoms with E-state index in [1.807, 2.05) is 18.2 Å². The summed E-state index contributed by atoms with van der Waals surface area (Å²) in [4.78, 5) is 27.8. The molecule has 0 unspecified atom stereocenters. The van der Waals surface area contributed by atoms with Gasteiger partial charge in [-0.2, -0.15) is 0 Å². The second-order valence-corrected chi connectivity index (χ2v) is 11.1. The Kier molecular flexibility index (Phi) is 9.14. The number of carbonyl (C=O) groups excluding carboxylic acids is 2. The Balaban J connectivity index is 1.45. The van der Waals surface area contributed by atoms with Gasteiger partial charge < -0.3 is 15.0 Å². The summed E-state index contributed by atoms with van der Waals surface area (Å²) in [5.41, 5.74) is 2.52. The van der Waals surface area contributed by atoms with Crippen molar-refractivity contribution in [3.05, 3.63) is 87.9 Å². The molecule has 1 saturated heterocycles. The highest BCUT2D eigenvalue weighted by Crippen LogP contribution is 2.28. The van der Waals surface area contributed by atoms with Crippen LogP contribution in [0.3, 0.4) is 0 Å². The summed E-state index contributed by atoms with van der Waals surface area (Å²) in [5.74, 6) is -1.92. The lowest BCUT2D eigenvalue weighted by atomic mass is 10.0. The average molecular weight is 659 g/mol. The molecule has 1 N–H and O–H groups in total. The van der Waals surface area contributed by atoms with E-state index in [0.717, 1.165) is 42.5 Å². The van der Waals surface area contributed by atoms with Crippen LogP contribution in [0.1, 0.15) is 21.5 Å². The topological polar surface area (TPSA) is 75.7 Å². The zero-order valence-electron chi connectivity index (χ0n) is 19.4. The first-order valence-corrected chi connectivity index (χ1v) is 14.6. The Morgan fingerprint density at radius 2 is 1.78 bits per heavy atom. The minimum atomic E-state index is -1.15. The summed E-state index contributed by atoms with van der Waals surface area (Å²) in [6.07, 6.45) is 0. The number of alkyl halides is 1. The largest absolute Gasteiger partial charge is 0.483 e. The first kappa shape index (κ1) is 27.5. The highest BCUT2D eigenvalue weighted by molar-refractivity contribution is 14.1. The maximum atomic E-state index is 13.7. The van der Waals surface area contributed by atoms with Crippen LogP contribution in [-0.2, 0) is 20.0 Å². The number of hydrogen-bond donors (Lipinski definition) is 1. The summed E-state index contributed by atoms with van der Waals surface area (Å²) >= 11 is 8.27. The molecule has 0 bridgehead atoms. The normalized spacial score (nSPS) is 13.9. The smallest absolute Gasteiger partial charge is 0.262 e. The molecule has 11 heteroatoms.